The van der Waals surface area contributed by atoms with E-state index in [2.05, 4.69) is 10.3 Å². The van der Waals surface area contributed by atoms with Gasteiger partial charge in [0.05, 0.1) is 5.69 Å². The fourth-order valence-electron chi connectivity index (χ4n) is 3.16. The highest BCUT2D eigenvalue weighted by molar-refractivity contribution is 5.74. The standard InChI is InChI=1S/C17H24N4O/c1-20(15-7-3-2-4-8-15)17(22)18-11-10-14-13-21-12-6-5-9-16(21)19-14/h5-6,9,12-13,15H,2-4,7-8,10-11H2,1H3,(H,18,22). The number of aromatic nitrogens is 2. The number of pyridine rings is 1. The molecule has 1 aliphatic rings. The number of imidazole rings is 1. The summed E-state index contributed by atoms with van der Waals surface area (Å²) in [6, 6.07) is 6.39. The van der Waals surface area contributed by atoms with E-state index in [-0.39, 0.29) is 6.03 Å². The molecule has 5 nitrogen and oxygen atoms in total. The molecule has 3 rings (SSSR count). The molecular formula is C17H24N4O. The van der Waals surface area contributed by atoms with Gasteiger partial charge in [0.2, 0.25) is 0 Å². The first kappa shape index (κ1) is 14.9. The lowest BCUT2D eigenvalue weighted by Crippen LogP contribution is -2.44. The van der Waals surface area contributed by atoms with Gasteiger partial charge in [-0.3, -0.25) is 0 Å². The van der Waals surface area contributed by atoms with E-state index >= 15 is 0 Å². The first-order valence-electron chi connectivity index (χ1n) is 8.17. The smallest absolute Gasteiger partial charge is 0.317 e. The average molecular weight is 300 g/mol. The zero-order valence-corrected chi connectivity index (χ0v) is 13.2. The zero-order chi connectivity index (χ0) is 15.4. The van der Waals surface area contributed by atoms with E-state index < -0.39 is 0 Å². The van der Waals surface area contributed by atoms with Gasteiger partial charge in [0.1, 0.15) is 5.65 Å². The second kappa shape index (κ2) is 6.81. The van der Waals surface area contributed by atoms with Crippen molar-refractivity contribution in [3.8, 4) is 0 Å². The Morgan fingerprint density at radius 1 is 1.36 bits per heavy atom. The fraction of sp³-hybridized carbons (Fsp3) is 0.529. The molecule has 0 radical (unpaired) electrons. The number of carbonyl (C=O) groups is 1. The highest BCUT2D eigenvalue weighted by Crippen LogP contribution is 2.21. The van der Waals surface area contributed by atoms with Crippen molar-refractivity contribution in [3.05, 3.63) is 36.3 Å². The predicted molar refractivity (Wildman–Crippen MR) is 86.9 cm³/mol. The van der Waals surface area contributed by atoms with E-state index in [0.717, 1.165) is 30.6 Å². The average Bonchev–Trinajstić information content (AvgIpc) is 2.97. The van der Waals surface area contributed by atoms with Crippen LogP contribution in [-0.2, 0) is 6.42 Å². The van der Waals surface area contributed by atoms with Gasteiger partial charge in [-0.15, -0.1) is 0 Å². The summed E-state index contributed by atoms with van der Waals surface area (Å²) in [6.45, 7) is 0.625. The van der Waals surface area contributed by atoms with Crippen LogP contribution in [0.2, 0.25) is 0 Å². The molecule has 1 saturated carbocycles. The predicted octanol–water partition coefficient (Wildman–Crippen LogP) is 2.85. The lowest BCUT2D eigenvalue weighted by molar-refractivity contribution is 0.174. The Morgan fingerprint density at radius 3 is 2.95 bits per heavy atom. The molecular weight excluding hydrogens is 276 g/mol. The fourth-order valence-corrected chi connectivity index (χ4v) is 3.16. The van der Waals surface area contributed by atoms with Gasteiger partial charge < -0.3 is 14.6 Å². The molecule has 1 N–H and O–H groups in total. The van der Waals surface area contributed by atoms with Crippen LogP contribution in [0.4, 0.5) is 4.79 Å². The van der Waals surface area contributed by atoms with E-state index in [4.69, 9.17) is 0 Å². The van der Waals surface area contributed by atoms with Gasteiger partial charge in [0, 0.05) is 38.4 Å². The maximum atomic E-state index is 12.2. The maximum absolute atomic E-state index is 12.2. The van der Waals surface area contributed by atoms with Crippen LogP contribution < -0.4 is 5.32 Å². The summed E-state index contributed by atoms with van der Waals surface area (Å²) in [4.78, 5) is 18.6. The van der Waals surface area contributed by atoms with Crippen molar-refractivity contribution < 1.29 is 4.79 Å². The third-order valence-corrected chi connectivity index (χ3v) is 4.51. The number of amides is 2. The number of nitrogens with zero attached hydrogens (tertiary/aromatic N) is 3. The molecule has 2 aromatic rings. The Kier molecular flexibility index (Phi) is 4.61. The van der Waals surface area contributed by atoms with Gasteiger partial charge in [0.25, 0.3) is 0 Å². The van der Waals surface area contributed by atoms with Crippen LogP contribution in [0.5, 0.6) is 0 Å². The van der Waals surface area contributed by atoms with E-state index in [1.54, 1.807) is 0 Å². The van der Waals surface area contributed by atoms with Crippen LogP contribution in [0.3, 0.4) is 0 Å². The van der Waals surface area contributed by atoms with Crippen molar-refractivity contribution in [2.24, 2.45) is 0 Å². The van der Waals surface area contributed by atoms with Crippen LogP contribution in [0.1, 0.15) is 37.8 Å². The second-order valence-corrected chi connectivity index (χ2v) is 6.08. The van der Waals surface area contributed by atoms with Gasteiger partial charge in [-0.25, -0.2) is 9.78 Å². The molecule has 1 aliphatic carbocycles. The number of urea groups is 1. The molecule has 0 bridgehead atoms. The first-order valence-corrected chi connectivity index (χ1v) is 8.17. The Bertz CT molecular complexity index is 597. The summed E-state index contributed by atoms with van der Waals surface area (Å²) < 4.78 is 2.01. The van der Waals surface area contributed by atoms with Gasteiger partial charge >= 0.3 is 6.03 Å². The lowest BCUT2D eigenvalue weighted by atomic mass is 9.95. The molecule has 2 aromatic heterocycles. The van der Waals surface area contributed by atoms with Crippen LogP contribution in [-0.4, -0.2) is 39.9 Å². The zero-order valence-electron chi connectivity index (χ0n) is 13.2. The van der Waals surface area contributed by atoms with Crippen LogP contribution >= 0.6 is 0 Å². The van der Waals surface area contributed by atoms with E-state index in [1.807, 2.05) is 46.9 Å². The second-order valence-electron chi connectivity index (χ2n) is 6.08. The van der Waals surface area contributed by atoms with Gasteiger partial charge in [0.15, 0.2) is 0 Å². The van der Waals surface area contributed by atoms with E-state index in [9.17, 15) is 4.79 Å². The number of carbonyl (C=O) groups excluding carboxylic acids is 1. The van der Waals surface area contributed by atoms with Crippen LogP contribution in [0, 0.1) is 0 Å². The molecule has 118 valence electrons. The molecule has 2 heterocycles. The molecule has 1 fully saturated rings. The minimum atomic E-state index is 0.0377. The number of nitrogens with one attached hydrogen (secondary N) is 1. The molecule has 0 aromatic carbocycles. The number of hydrogen-bond donors (Lipinski definition) is 1. The molecule has 0 saturated heterocycles. The summed E-state index contributed by atoms with van der Waals surface area (Å²) in [5.41, 5.74) is 1.95. The topological polar surface area (TPSA) is 49.6 Å². The largest absolute Gasteiger partial charge is 0.338 e. The summed E-state index contributed by atoms with van der Waals surface area (Å²) in [7, 11) is 1.91. The number of hydrogen-bond acceptors (Lipinski definition) is 2. The highest BCUT2D eigenvalue weighted by Gasteiger charge is 2.21. The van der Waals surface area contributed by atoms with E-state index in [1.165, 1.54) is 19.3 Å². The Balaban J connectivity index is 1.48. The van der Waals surface area contributed by atoms with Crippen molar-refractivity contribution in [3.63, 3.8) is 0 Å². The Labute approximate surface area is 131 Å². The molecule has 0 spiro atoms. The minimum absolute atomic E-state index is 0.0377. The molecule has 22 heavy (non-hydrogen) atoms. The Hall–Kier alpha value is -2.04. The monoisotopic (exact) mass is 300 g/mol. The SMILES string of the molecule is CN(C(=O)NCCc1cn2ccccc2n1)C1CCCCC1. The van der Waals surface area contributed by atoms with Crippen molar-refractivity contribution in [1.82, 2.24) is 19.6 Å². The summed E-state index contributed by atoms with van der Waals surface area (Å²) in [5.74, 6) is 0. The summed E-state index contributed by atoms with van der Waals surface area (Å²) in [5, 5.41) is 3.01. The van der Waals surface area contributed by atoms with Crippen LogP contribution in [0.25, 0.3) is 5.65 Å². The van der Waals surface area contributed by atoms with Crippen molar-refractivity contribution >= 4 is 11.7 Å². The third kappa shape index (κ3) is 3.40. The quantitative estimate of drug-likeness (QED) is 0.944. The molecule has 0 atom stereocenters. The first-order chi connectivity index (χ1) is 10.7. The minimum Gasteiger partial charge on any atom is -0.338 e. The van der Waals surface area contributed by atoms with Gasteiger partial charge in [-0.1, -0.05) is 25.3 Å². The van der Waals surface area contributed by atoms with Gasteiger partial charge in [-0.2, -0.15) is 0 Å². The van der Waals surface area contributed by atoms with Crippen molar-refractivity contribution in [2.75, 3.05) is 13.6 Å². The normalized spacial score (nSPS) is 15.9. The van der Waals surface area contributed by atoms with E-state index in [0.29, 0.717) is 12.6 Å². The number of rotatable bonds is 4. The lowest BCUT2D eigenvalue weighted by Gasteiger charge is -2.31. The molecule has 0 aliphatic heterocycles. The summed E-state index contributed by atoms with van der Waals surface area (Å²) >= 11 is 0. The highest BCUT2D eigenvalue weighted by atomic mass is 16.2. The molecule has 2 amide bonds. The maximum Gasteiger partial charge on any atom is 0.317 e. The molecule has 0 unspecified atom stereocenters. The third-order valence-electron chi connectivity index (χ3n) is 4.51. The number of fused-ring (bicyclic) bond motifs is 1. The molecule has 5 heteroatoms. The van der Waals surface area contributed by atoms with Gasteiger partial charge in [-0.05, 0) is 25.0 Å². The van der Waals surface area contributed by atoms with Crippen molar-refractivity contribution in [1.29, 1.82) is 0 Å². The van der Waals surface area contributed by atoms with Crippen LogP contribution in [0.15, 0.2) is 30.6 Å². The Morgan fingerprint density at radius 2 is 2.18 bits per heavy atom. The summed E-state index contributed by atoms with van der Waals surface area (Å²) in [6.07, 6.45) is 10.8. The van der Waals surface area contributed by atoms with Crippen molar-refractivity contribution in [2.45, 2.75) is 44.6 Å².